The van der Waals surface area contributed by atoms with Gasteiger partial charge in [0.2, 0.25) is 0 Å². The molecule has 0 aromatic carbocycles. The van der Waals surface area contributed by atoms with Crippen LogP contribution in [-0.2, 0) is 18.3 Å². The van der Waals surface area contributed by atoms with Crippen molar-refractivity contribution in [3.8, 4) is 0 Å². The Labute approximate surface area is 110 Å². The van der Waals surface area contributed by atoms with E-state index in [-0.39, 0.29) is 6.10 Å². The zero-order valence-corrected chi connectivity index (χ0v) is 11.1. The van der Waals surface area contributed by atoms with Crippen LogP contribution in [0.4, 0.5) is 0 Å². The molecule has 2 aromatic heterocycles. The molecule has 1 fully saturated rings. The molecule has 0 unspecified atom stereocenters. The van der Waals surface area contributed by atoms with Gasteiger partial charge in [-0.2, -0.15) is 11.3 Å². The largest absolute Gasteiger partial charge is 0.368 e. The number of hydrogen-bond donors (Lipinski definition) is 0. The maximum Gasteiger partial charge on any atom is 0.163 e. The summed E-state index contributed by atoms with van der Waals surface area (Å²) in [4.78, 5) is 2.41. The van der Waals surface area contributed by atoms with Gasteiger partial charge in [-0.1, -0.05) is 0 Å². The Hall–Kier alpha value is -1.24. The van der Waals surface area contributed by atoms with E-state index in [1.165, 1.54) is 5.56 Å². The minimum atomic E-state index is 0.0323. The smallest absolute Gasteiger partial charge is 0.163 e. The highest BCUT2D eigenvalue weighted by Gasteiger charge is 2.25. The SMILES string of the molecule is Cn1cnnc1[C@@H]1CN(Cc2ccsc2)CCO1. The predicted molar refractivity (Wildman–Crippen MR) is 69.3 cm³/mol. The first-order chi connectivity index (χ1) is 8.83. The molecule has 96 valence electrons. The highest BCUT2D eigenvalue weighted by atomic mass is 32.1. The first-order valence-corrected chi connectivity index (χ1v) is 6.96. The second kappa shape index (κ2) is 5.17. The topological polar surface area (TPSA) is 43.2 Å². The van der Waals surface area contributed by atoms with Crippen LogP contribution >= 0.6 is 11.3 Å². The van der Waals surface area contributed by atoms with Gasteiger partial charge < -0.3 is 9.30 Å². The van der Waals surface area contributed by atoms with E-state index in [0.29, 0.717) is 0 Å². The number of ether oxygens (including phenoxy) is 1. The summed E-state index contributed by atoms with van der Waals surface area (Å²) in [5.41, 5.74) is 1.37. The molecule has 2 aromatic rings. The van der Waals surface area contributed by atoms with Crippen LogP contribution in [-0.4, -0.2) is 39.4 Å². The van der Waals surface area contributed by atoms with Crippen LogP contribution in [0, 0.1) is 0 Å². The molecule has 5 nitrogen and oxygen atoms in total. The lowest BCUT2D eigenvalue weighted by molar-refractivity contribution is -0.0385. The first-order valence-electron chi connectivity index (χ1n) is 6.02. The molecule has 1 atom stereocenters. The summed E-state index contributed by atoms with van der Waals surface area (Å²) in [6.07, 6.45) is 1.75. The zero-order valence-electron chi connectivity index (χ0n) is 10.3. The van der Waals surface area contributed by atoms with Gasteiger partial charge in [-0.15, -0.1) is 10.2 Å². The van der Waals surface area contributed by atoms with E-state index in [1.54, 1.807) is 17.7 Å². The maximum atomic E-state index is 5.79. The van der Waals surface area contributed by atoms with Gasteiger partial charge in [-0.25, -0.2) is 0 Å². The average Bonchev–Trinajstić information content (AvgIpc) is 3.01. The van der Waals surface area contributed by atoms with Crippen LogP contribution in [0.15, 0.2) is 23.2 Å². The van der Waals surface area contributed by atoms with Crippen LogP contribution in [0.5, 0.6) is 0 Å². The van der Waals surface area contributed by atoms with Gasteiger partial charge in [-0.05, 0) is 22.4 Å². The Balaban J connectivity index is 1.67. The summed E-state index contributed by atoms with van der Waals surface area (Å²) in [7, 11) is 1.95. The molecular formula is C12H16N4OS. The fourth-order valence-corrected chi connectivity index (χ4v) is 2.89. The number of aryl methyl sites for hydroxylation is 1. The Morgan fingerprint density at radius 2 is 2.50 bits per heavy atom. The van der Waals surface area contributed by atoms with Crippen LogP contribution < -0.4 is 0 Å². The Morgan fingerprint density at radius 3 is 3.22 bits per heavy atom. The standard InChI is InChI=1S/C12H16N4OS/c1-15-9-13-14-12(15)11-7-16(3-4-17-11)6-10-2-5-18-8-10/h2,5,8-9,11H,3-4,6-7H2,1H3/t11-/m0/s1. The third-order valence-electron chi connectivity index (χ3n) is 3.17. The van der Waals surface area contributed by atoms with Crippen molar-refractivity contribution >= 4 is 11.3 Å². The average molecular weight is 264 g/mol. The summed E-state index contributed by atoms with van der Waals surface area (Å²) < 4.78 is 7.72. The summed E-state index contributed by atoms with van der Waals surface area (Å²) in [6.45, 7) is 3.59. The van der Waals surface area contributed by atoms with Crippen molar-refractivity contribution in [2.24, 2.45) is 7.05 Å². The van der Waals surface area contributed by atoms with E-state index in [0.717, 1.165) is 32.1 Å². The van der Waals surface area contributed by atoms with Crippen LogP contribution in [0.25, 0.3) is 0 Å². The monoisotopic (exact) mass is 264 g/mol. The lowest BCUT2D eigenvalue weighted by Crippen LogP contribution is -2.38. The molecule has 3 heterocycles. The number of morpholine rings is 1. The van der Waals surface area contributed by atoms with Gasteiger partial charge >= 0.3 is 0 Å². The van der Waals surface area contributed by atoms with Crippen molar-refractivity contribution in [3.63, 3.8) is 0 Å². The molecule has 0 bridgehead atoms. The molecule has 0 N–H and O–H groups in total. The summed E-state index contributed by atoms with van der Waals surface area (Å²) in [6, 6.07) is 2.18. The lowest BCUT2D eigenvalue weighted by Gasteiger charge is -2.32. The lowest BCUT2D eigenvalue weighted by atomic mass is 10.2. The minimum absolute atomic E-state index is 0.0323. The molecule has 0 saturated carbocycles. The summed E-state index contributed by atoms with van der Waals surface area (Å²) in [5, 5.41) is 12.4. The second-order valence-electron chi connectivity index (χ2n) is 4.53. The number of nitrogens with zero attached hydrogens (tertiary/aromatic N) is 4. The molecule has 18 heavy (non-hydrogen) atoms. The van der Waals surface area contributed by atoms with E-state index >= 15 is 0 Å². The van der Waals surface area contributed by atoms with Gasteiger partial charge in [0, 0.05) is 26.7 Å². The Morgan fingerprint density at radius 1 is 1.56 bits per heavy atom. The fourth-order valence-electron chi connectivity index (χ4n) is 2.23. The van der Waals surface area contributed by atoms with E-state index < -0.39 is 0 Å². The van der Waals surface area contributed by atoms with E-state index in [1.807, 2.05) is 11.6 Å². The zero-order chi connectivity index (χ0) is 12.4. The first kappa shape index (κ1) is 11.8. The predicted octanol–water partition coefficient (Wildman–Crippen LogP) is 1.45. The Bertz CT molecular complexity index is 496. The fraction of sp³-hybridized carbons (Fsp3) is 0.500. The number of hydrogen-bond acceptors (Lipinski definition) is 5. The van der Waals surface area contributed by atoms with E-state index in [4.69, 9.17) is 4.74 Å². The van der Waals surface area contributed by atoms with Crippen molar-refractivity contribution < 1.29 is 4.74 Å². The Kier molecular flexibility index (Phi) is 3.40. The van der Waals surface area contributed by atoms with Gasteiger partial charge in [0.05, 0.1) is 6.61 Å². The van der Waals surface area contributed by atoms with E-state index in [9.17, 15) is 0 Å². The normalized spacial score (nSPS) is 21.3. The molecule has 0 radical (unpaired) electrons. The van der Waals surface area contributed by atoms with Crippen molar-refractivity contribution in [1.29, 1.82) is 0 Å². The molecule has 1 saturated heterocycles. The number of aromatic nitrogens is 3. The molecule has 0 amide bonds. The molecule has 6 heteroatoms. The van der Waals surface area contributed by atoms with Gasteiger partial charge in [0.1, 0.15) is 12.4 Å². The van der Waals surface area contributed by atoms with Gasteiger partial charge in [0.25, 0.3) is 0 Å². The molecule has 1 aliphatic rings. The molecule has 0 spiro atoms. The summed E-state index contributed by atoms with van der Waals surface area (Å²) in [5.74, 6) is 0.907. The van der Waals surface area contributed by atoms with Crippen molar-refractivity contribution in [3.05, 3.63) is 34.5 Å². The third kappa shape index (κ3) is 2.45. The van der Waals surface area contributed by atoms with Crippen LogP contribution in [0.3, 0.4) is 0 Å². The summed E-state index contributed by atoms with van der Waals surface area (Å²) >= 11 is 1.74. The van der Waals surface area contributed by atoms with Gasteiger partial charge in [0.15, 0.2) is 5.82 Å². The number of thiophene rings is 1. The molecule has 1 aliphatic heterocycles. The van der Waals surface area contributed by atoms with Crippen molar-refractivity contribution in [2.75, 3.05) is 19.7 Å². The van der Waals surface area contributed by atoms with E-state index in [2.05, 4.69) is 31.9 Å². The molecular weight excluding hydrogens is 248 g/mol. The molecule has 3 rings (SSSR count). The maximum absolute atomic E-state index is 5.79. The van der Waals surface area contributed by atoms with Gasteiger partial charge in [-0.3, -0.25) is 4.90 Å². The third-order valence-corrected chi connectivity index (χ3v) is 3.90. The highest BCUT2D eigenvalue weighted by Crippen LogP contribution is 2.21. The second-order valence-corrected chi connectivity index (χ2v) is 5.31. The highest BCUT2D eigenvalue weighted by molar-refractivity contribution is 7.07. The van der Waals surface area contributed by atoms with Crippen molar-refractivity contribution in [1.82, 2.24) is 19.7 Å². The van der Waals surface area contributed by atoms with Crippen LogP contribution in [0.2, 0.25) is 0 Å². The quantitative estimate of drug-likeness (QED) is 0.841. The number of rotatable bonds is 3. The van der Waals surface area contributed by atoms with Crippen LogP contribution in [0.1, 0.15) is 17.5 Å². The molecule has 0 aliphatic carbocycles. The van der Waals surface area contributed by atoms with Crippen molar-refractivity contribution in [2.45, 2.75) is 12.6 Å². The minimum Gasteiger partial charge on any atom is -0.368 e.